The molecule has 0 aliphatic carbocycles. The van der Waals surface area contributed by atoms with Gasteiger partial charge >= 0.3 is 0 Å². The first-order chi connectivity index (χ1) is 8.56. The SMILES string of the molecule is Nc1ccc(F)cc1C(=O)Cc1ccc(I)cc1. The molecule has 0 heterocycles. The van der Waals surface area contributed by atoms with Gasteiger partial charge in [-0.15, -0.1) is 0 Å². The molecule has 0 aromatic heterocycles. The number of carbonyl (C=O) groups is 1. The minimum atomic E-state index is -0.449. The lowest BCUT2D eigenvalue weighted by Crippen LogP contribution is -2.07. The van der Waals surface area contributed by atoms with Gasteiger partial charge < -0.3 is 5.73 Å². The second kappa shape index (κ2) is 5.48. The highest BCUT2D eigenvalue weighted by Crippen LogP contribution is 2.17. The molecule has 2 N–H and O–H groups in total. The maximum atomic E-state index is 13.1. The minimum Gasteiger partial charge on any atom is -0.398 e. The summed E-state index contributed by atoms with van der Waals surface area (Å²) in [4.78, 5) is 12.0. The fourth-order valence-corrected chi connectivity index (χ4v) is 2.01. The average molecular weight is 355 g/mol. The number of rotatable bonds is 3. The van der Waals surface area contributed by atoms with Gasteiger partial charge in [-0.2, -0.15) is 0 Å². The van der Waals surface area contributed by atoms with Crippen LogP contribution in [0, 0.1) is 9.39 Å². The van der Waals surface area contributed by atoms with Gasteiger partial charge in [-0.3, -0.25) is 4.79 Å². The zero-order chi connectivity index (χ0) is 13.1. The molecule has 18 heavy (non-hydrogen) atoms. The summed E-state index contributed by atoms with van der Waals surface area (Å²) in [5.41, 5.74) is 7.13. The van der Waals surface area contributed by atoms with Gasteiger partial charge in [0.25, 0.3) is 0 Å². The van der Waals surface area contributed by atoms with Crippen LogP contribution in [0.15, 0.2) is 42.5 Å². The van der Waals surface area contributed by atoms with Crippen molar-refractivity contribution >= 4 is 34.1 Å². The van der Waals surface area contributed by atoms with Crippen LogP contribution in [0.4, 0.5) is 10.1 Å². The van der Waals surface area contributed by atoms with E-state index in [1.54, 1.807) is 0 Å². The van der Waals surface area contributed by atoms with Crippen molar-refractivity contribution in [2.75, 3.05) is 5.73 Å². The molecule has 0 amide bonds. The molecule has 2 aromatic rings. The maximum absolute atomic E-state index is 13.1. The molecular formula is C14H11FINO. The molecule has 0 radical (unpaired) electrons. The van der Waals surface area contributed by atoms with Crippen LogP contribution >= 0.6 is 22.6 Å². The second-order valence-electron chi connectivity index (χ2n) is 3.96. The quantitative estimate of drug-likeness (QED) is 0.521. The van der Waals surface area contributed by atoms with E-state index in [1.165, 1.54) is 18.2 Å². The molecule has 0 aliphatic heterocycles. The predicted molar refractivity (Wildman–Crippen MR) is 78.0 cm³/mol. The van der Waals surface area contributed by atoms with Crippen LogP contribution in [0.25, 0.3) is 0 Å². The summed E-state index contributed by atoms with van der Waals surface area (Å²) in [7, 11) is 0. The van der Waals surface area contributed by atoms with Crippen LogP contribution in [0.3, 0.4) is 0 Å². The molecule has 0 saturated heterocycles. The topological polar surface area (TPSA) is 43.1 Å². The number of nitrogens with two attached hydrogens (primary N) is 1. The van der Waals surface area contributed by atoms with E-state index in [2.05, 4.69) is 22.6 Å². The monoisotopic (exact) mass is 355 g/mol. The van der Waals surface area contributed by atoms with Crippen LogP contribution in [-0.2, 0) is 6.42 Å². The van der Waals surface area contributed by atoms with Gasteiger partial charge in [-0.05, 0) is 58.5 Å². The number of halogens is 2. The molecule has 0 atom stereocenters. The molecule has 0 aliphatic rings. The van der Waals surface area contributed by atoms with Gasteiger partial charge in [-0.1, -0.05) is 12.1 Å². The number of benzene rings is 2. The van der Waals surface area contributed by atoms with Crippen LogP contribution in [0.5, 0.6) is 0 Å². The molecular weight excluding hydrogens is 344 g/mol. The fourth-order valence-electron chi connectivity index (χ4n) is 1.65. The van der Waals surface area contributed by atoms with Crippen molar-refractivity contribution in [3.63, 3.8) is 0 Å². The molecule has 0 fully saturated rings. The number of nitrogen functional groups attached to an aromatic ring is 1. The van der Waals surface area contributed by atoms with E-state index < -0.39 is 5.82 Å². The fraction of sp³-hybridized carbons (Fsp3) is 0.0714. The van der Waals surface area contributed by atoms with Crippen molar-refractivity contribution in [3.05, 3.63) is 63.0 Å². The second-order valence-corrected chi connectivity index (χ2v) is 5.20. The Labute approximate surface area is 118 Å². The molecule has 2 aromatic carbocycles. The smallest absolute Gasteiger partial charge is 0.169 e. The van der Waals surface area contributed by atoms with Gasteiger partial charge in [-0.25, -0.2) is 4.39 Å². The first-order valence-electron chi connectivity index (χ1n) is 5.39. The van der Waals surface area contributed by atoms with E-state index in [9.17, 15) is 9.18 Å². The Bertz CT molecular complexity index is 581. The lowest BCUT2D eigenvalue weighted by molar-refractivity contribution is 0.0993. The van der Waals surface area contributed by atoms with Crippen molar-refractivity contribution in [3.8, 4) is 0 Å². The van der Waals surface area contributed by atoms with Crippen molar-refractivity contribution in [1.29, 1.82) is 0 Å². The van der Waals surface area contributed by atoms with E-state index in [0.29, 0.717) is 5.69 Å². The number of anilines is 1. The Morgan fingerprint density at radius 1 is 1.17 bits per heavy atom. The van der Waals surface area contributed by atoms with Gasteiger partial charge in [0.2, 0.25) is 0 Å². The first kappa shape index (κ1) is 13.0. The number of ketones is 1. The lowest BCUT2D eigenvalue weighted by Gasteiger charge is -2.05. The Balaban J connectivity index is 2.21. The Hall–Kier alpha value is -1.43. The number of Topliss-reactive ketones (excluding diaryl/α,β-unsaturated/α-hetero) is 1. The van der Waals surface area contributed by atoms with Crippen LogP contribution in [-0.4, -0.2) is 5.78 Å². The summed E-state index contributed by atoms with van der Waals surface area (Å²) in [5.74, 6) is -0.622. The molecule has 2 rings (SSSR count). The first-order valence-corrected chi connectivity index (χ1v) is 6.47. The summed E-state index contributed by atoms with van der Waals surface area (Å²) >= 11 is 2.20. The molecule has 0 bridgehead atoms. The van der Waals surface area contributed by atoms with Crippen LogP contribution < -0.4 is 5.73 Å². The Morgan fingerprint density at radius 2 is 1.83 bits per heavy atom. The third-order valence-corrected chi connectivity index (χ3v) is 3.31. The highest BCUT2D eigenvalue weighted by Gasteiger charge is 2.11. The summed E-state index contributed by atoms with van der Waals surface area (Å²) in [6, 6.07) is 11.5. The maximum Gasteiger partial charge on any atom is 0.169 e. The average Bonchev–Trinajstić information content (AvgIpc) is 2.35. The van der Waals surface area contributed by atoms with E-state index in [-0.39, 0.29) is 17.8 Å². The van der Waals surface area contributed by atoms with E-state index in [4.69, 9.17) is 5.73 Å². The van der Waals surface area contributed by atoms with Gasteiger partial charge in [0.1, 0.15) is 5.82 Å². The molecule has 0 spiro atoms. The lowest BCUT2D eigenvalue weighted by atomic mass is 10.0. The summed E-state index contributed by atoms with van der Waals surface area (Å²) < 4.78 is 14.2. The summed E-state index contributed by atoms with van der Waals surface area (Å²) in [6.45, 7) is 0. The number of hydrogen-bond donors (Lipinski definition) is 1. The van der Waals surface area contributed by atoms with E-state index in [0.717, 1.165) is 9.13 Å². The third-order valence-electron chi connectivity index (χ3n) is 2.59. The van der Waals surface area contributed by atoms with Crippen LogP contribution in [0.1, 0.15) is 15.9 Å². The highest BCUT2D eigenvalue weighted by atomic mass is 127. The summed E-state index contributed by atoms with van der Waals surface area (Å²) in [5, 5.41) is 0. The summed E-state index contributed by atoms with van der Waals surface area (Å²) in [6.07, 6.45) is 0.227. The number of hydrogen-bond acceptors (Lipinski definition) is 2. The zero-order valence-corrected chi connectivity index (χ0v) is 11.6. The Kier molecular flexibility index (Phi) is 3.96. The van der Waals surface area contributed by atoms with Crippen molar-refractivity contribution in [2.24, 2.45) is 0 Å². The molecule has 2 nitrogen and oxygen atoms in total. The Morgan fingerprint density at radius 3 is 2.50 bits per heavy atom. The van der Waals surface area contributed by atoms with Gasteiger partial charge in [0, 0.05) is 21.2 Å². The molecule has 92 valence electrons. The molecule has 0 saturated carbocycles. The van der Waals surface area contributed by atoms with E-state index >= 15 is 0 Å². The van der Waals surface area contributed by atoms with Crippen molar-refractivity contribution < 1.29 is 9.18 Å². The zero-order valence-electron chi connectivity index (χ0n) is 9.49. The van der Waals surface area contributed by atoms with Gasteiger partial charge in [0.05, 0.1) is 0 Å². The van der Waals surface area contributed by atoms with Crippen LogP contribution in [0.2, 0.25) is 0 Å². The standard InChI is InChI=1S/C14H11FINO/c15-10-3-6-13(17)12(8-10)14(18)7-9-1-4-11(16)5-2-9/h1-6,8H,7,17H2. The molecule has 0 unspecified atom stereocenters. The van der Waals surface area contributed by atoms with Crippen molar-refractivity contribution in [2.45, 2.75) is 6.42 Å². The molecule has 4 heteroatoms. The van der Waals surface area contributed by atoms with Gasteiger partial charge in [0.15, 0.2) is 5.78 Å². The largest absolute Gasteiger partial charge is 0.398 e. The predicted octanol–water partition coefficient (Wildman–Crippen LogP) is 3.44. The normalized spacial score (nSPS) is 10.3. The third kappa shape index (κ3) is 3.07. The number of carbonyl (C=O) groups excluding carboxylic acids is 1. The minimum absolute atomic E-state index is 0.173. The van der Waals surface area contributed by atoms with E-state index in [1.807, 2.05) is 24.3 Å². The van der Waals surface area contributed by atoms with Crippen molar-refractivity contribution in [1.82, 2.24) is 0 Å². The highest BCUT2D eigenvalue weighted by molar-refractivity contribution is 14.1.